The van der Waals surface area contributed by atoms with E-state index in [0.717, 1.165) is 31.5 Å². The van der Waals surface area contributed by atoms with Gasteiger partial charge in [0.1, 0.15) is 5.82 Å². The van der Waals surface area contributed by atoms with Gasteiger partial charge in [-0.1, -0.05) is 43.2 Å². The lowest BCUT2D eigenvalue weighted by atomic mass is 10.2. The third-order valence-corrected chi connectivity index (χ3v) is 5.75. The Morgan fingerprint density at radius 2 is 2.00 bits per heavy atom. The number of pyridine rings is 1. The summed E-state index contributed by atoms with van der Waals surface area (Å²) >= 11 is 5.84. The van der Waals surface area contributed by atoms with E-state index in [-0.39, 0.29) is 0 Å². The molecule has 1 aliphatic rings. The summed E-state index contributed by atoms with van der Waals surface area (Å²) in [6, 6.07) is 3.63. The Labute approximate surface area is 155 Å². The van der Waals surface area contributed by atoms with E-state index in [9.17, 15) is 8.42 Å². The molecular weight excluding hydrogens is 358 g/mol. The number of allylic oxidation sites excluding steroid dienone is 1. The normalized spacial score (nSPS) is 16.0. The molecule has 25 heavy (non-hydrogen) atoms. The fourth-order valence-corrected chi connectivity index (χ4v) is 3.72. The van der Waals surface area contributed by atoms with Crippen molar-refractivity contribution in [3.05, 3.63) is 34.8 Å². The number of sulfonamides is 1. The molecule has 1 saturated heterocycles. The lowest BCUT2D eigenvalue weighted by Gasteiger charge is -2.34. The molecule has 1 aromatic rings. The molecule has 0 spiro atoms. The van der Waals surface area contributed by atoms with Crippen LogP contribution in [0, 0.1) is 11.8 Å². The monoisotopic (exact) mass is 381 g/mol. The first kappa shape index (κ1) is 19.8. The maximum Gasteiger partial charge on any atom is 0.236 e. The summed E-state index contributed by atoms with van der Waals surface area (Å²) in [7, 11) is -3.41. The third kappa shape index (κ3) is 6.35. The molecule has 0 saturated carbocycles. The summed E-state index contributed by atoms with van der Waals surface area (Å²) in [5, 5.41) is 1.79. The van der Waals surface area contributed by atoms with Gasteiger partial charge in [0.05, 0.1) is 10.4 Å². The number of piperazine rings is 1. The Kier molecular flexibility index (Phi) is 7.76. The van der Waals surface area contributed by atoms with Gasteiger partial charge in [-0.05, 0) is 18.6 Å². The highest BCUT2D eigenvalue weighted by molar-refractivity contribution is 7.92. The largest absolute Gasteiger partial charge is 0.354 e. The molecule has 2 rings (SSSR count). The summed E-state index contributed by atoms with van der Waals surface area (Å²) in [6.07, 6.45) is 7.22. The Morgan fingerprint density at radius 3 is 2.64 bits per heavy atom. The maximum atomic E-state index is 12.3. The quantitative estimate of drug-likeness (QED) is 0.560. The molecule has 1 aliphatic heterocycles. The van der Waals surface area contributed by atoms with Gasteiger partial charge < -0.3 is 4.90 Å². The molecule has 136 valence electrons. The number of nitrogens with zero attached hydrogens (tertiary/aromatic N) is 3. The topological polar surface area (TPSA) is 53.5 Å². The molecule has 1 aromatic heterocycles. The average Bonchev–Trinajstić information content (AvgIpc) is 2.62. The second-order valence-electron chi connectivity index (χ2n) is 5.85. The summed E-state index contributed by atoms with van der Waals surface area (Å²) < 4.78 is 26.1. The van der Waals surface area contributed by atoms with E-state index in [0.29, 0.717) is 31.2 Å². The van der Waals surface area contributed by atoms with Crippen LogP contribution in [0.3, 0.4) is 0 Å². The highest BCUT2D eigenvalue weighted by Crippen LogP contribution is 2.17. The standard InChI is InChI=1S/C18H24ClN3O2S/c1-2-3-4-5-6-7-8-15-25(23,24)22-13-11-21(12-14-22)18-10-9-17(19)16-20-18/h8-10,15-16H,2-5,11-14H2,1H3/b15-8+. The molecule has 5 nitrogen and oxygen atoms in total. The number of anilines is 1. The molecular formula is C18H24ClN3O2S. The van der Waals surface area contributed by atoms with Crippen LogP contribution in [0.15, 0.2) is 29.8 Å². The van der Waals surface area contributed by atoms with Crippen molar-refractivity contribution in [2.45, 2.75) is 32.6 Å². The summed E-state index contributed by atoms with van der Waals surface area (Å²) in [5.41, 5.74) is 0. The number of aromatic nitrogens is 1. The van der Waals surface area contributed by atoms with Crippen LogP contribution in [0.25, 0.3) is 0 Å². The van der Waals surface area contributed by atoms with Gasteiger partial charge in [-0.25, -0.2) is 13.4 Å². The van der Waals surface area contributed by atoms with Crippen LogP contribution in [0.1, 0.15) is 32.6 Å². The van der Waals surface area contributed by atoms with Crippen molar-refractivity contribution in [3.63, 3.8) is 0 Å². The summed E-state index contributed by atoms with van der Waals surface area (Å²) in [6.45, 7) is 4.21. The maximum absolute atomic E-state index is 12.3. The molecule has 7 heteroatoms. The van der Waals surface area contributed by atoms with Crippen molar-refractivity contribution < 1.29 is 8.42 Å². The number of hydrogen-bond donors (Lipinski definition) is 0. The Balaban J connectivity index is 1.85. The molecule has 0 aliphatic carbocycles. The van der Waals surface area contributed by atoms with Crippen molar-refractivity contribution in [3.8, 4) is 11.8 Å². The lowest BCUT2D eigenvalue weighted by molar-refractivity contribution is 0.389. The van der Waals surface area contributed by atoms with E-state index >= 15 is 0 Å². The van der Waals surface area contributed by atoms with Gasteiger partial charge >= 0.3 is 0 Å². The minimum atomic E-state index is -3.41. The molecule has 0 unspecified atom stereocenters. The Hall–Kier alpha value is -1.55. The molecule has 1 fully saturated rings. The number of halogens is 1. The van der Waals surface area contributed by atoms with Crippen LogP contribution in [0.4, 0.5) is 5.82 Å². The third-order valence-electron chi connectivity index (χ3n) is 3.97. The van der Waals surface area contributed by atoms with E-state index in [4.69, 9.17) is 11.6 Å². The zero-order valence-electron chi connectivity index (χ0n) is 14.5. The zero-order chi connectivity index (χ0) is 18.1. The second-order valence-corrected chi connectivity index (χ2v) is 8.10. The number of rotatable bonds is 6. The molecule has 0 atom stereocenters. The van der Waals surface area contributed by atoms with Crippen LogP contribution in [-0.2, 0) is 10.0 Å². The molecule has 2 heterocycles. The molecule has 0 radical (unpaired) electrons. The van der Waals surface area contributed by atoms with Crippen LogP contribution < -0.4 is 4.90 Å². The van der Waals surface area contributed by atoms with Crippen molar-refractivity contribution in [2.24, 2.45) is 0 Å². The summed E-state index contributed by atoms with van der Waals surface area (Å²) in [5.74, 6) is 6.61. The van der Waals surface area contributed by atoms with Crippen molar-refractivity contribution >= 4 is 27.4 Å². The van der Waals surface area contributed by atoms with Crippen LogP contribution in [0.5, 0.6) is 0 Å². The predicted molar refractivity (Wildman–Crippen MR) is 103 cm³/mol. The van der Waals surface area contributed by atoms with Gasteiger partial charge in [0, 0.05) is 44.9 Å². The van der Waals surface area contributed by atoms with Gasteiger partial charge in [0.15, 0.2) is 0 Å². The minimum absolute atomic E-state index is 0.431. The van der Waals surface area contributed by atoms with E-state index < -0.39 is 10.0 Å². The van der Waals surface area contributed by atoms with E-state index in [2.05, 4.69) is 28.6 Å². The smallest absolute Gasteiger partial charge is 0.236 e. The highest BCUT2D eigenvalue weighted by Gasteiger charge is 2.25. The number of hydrogen-bond acceptors (Lipinski definition) is 4. The fraction of sp³-hybridized carbons (Fsp3) is 0.500. The number of unbranched alkanes of at least 4 members (excludes halogenated alkanes) is 3. The van der Waals surface area contributed by atoms with Gasteiger partial charge in [0.2, 0.25) is 10.0 Å². The predicted octanol–water partition coefficient (Wildman–Crippen LogP) is 3.28. The average molecular weight is 382 g/mol. The van der Waals surface area contributed by atoms with Crippen LogP contribution in [0.2, 0.25) is 5.02 Å². The minimum Gasteiger partial charge on any atom is -0.354 e. The molecule has 0 aromatic carbocycles. The molecule has 0 amide bonds. The van der Waals surface area contributed by atoms with Crippen LogP contribution in [-0.4, -0.2) is 43.9 Å². The van der Waals surface area contributed by atoms with Crippen molar-refractivity contribution in [1.29, 1.82) is 0 Å². The highest BCUT2D eigenvalue weighted by atomic mass is 35.5. The van der Waals surface area contributed by atoms with Gasteiger partial charge in [0.25, 0.3) is 0 Å². The van der Waals surface area contributed by atoms with Crippen LogP contribution >= 0.6 is 11.6 Å². The lowest BCUT2D eigenvalue weighted by Crippen LogP contribution is -2.48. The Morgan fingerprint density at radius 1 is 1.24 bits per heavy atom. The Bertz CT molecular complexity index is 728. The fourth-order valence-electron chi connectivity index (χ4n) is 2.53. The zero-order valence-corrected chi connectivity index (χ0v) is 16.1. The van der Waals surface area contributed by atoms with E-state index in [1.54, 1.807) is 12.3 Å². The van der Waals surface area contributed by atoms with Gasteiger partial charge in [-0.3, -0.25) is 0 Å². The van der Waals surface area contributed by atoms with Gasteiger partial charge in [-0.15, -0.1) is 0 Å². The SMILES string of the molecule is CCCCCC#C/C=C/S(=O)(=O)N1CCN(c2ccc(Cl)cn2)CC1. The second kappa shape index (κ2) is 9.81. The first-order valence-electron chi connectivity index (χ1n) is 8.54. The molecule has 0 N–H and O–H groups in total. The molecule has 0 bridgehead atoms. The van der Waals surface area contributed by atoms with Crippen molar-refractivity contribution in [1.82, 2.24) is 9.29 Å². The summed E-state index contributed by atoms with van der Waals surface area (Å²) in [4.78, 5) is 6.33. The van der Waals surface area contributed by atoms with E-state index in [1.807, 2.05) is 6.07 Å². The van der Waals surface area contributed by atoms with Gasteiger partial charge in [-0.2, -0.15) is 4.31 Å². The van der Waals surface area contributed by atoms with E-state index in [1.165, 1.54) is 15.8 Å². The first-order valence-corrected chi connectivity index (χ1v) is 10.4. The first-order chi connectivity index (χ1) is 12.0. The van der Waals surface area contributed by atoms with Crippen molar-refractivity contribution in [2.75, 3.05) is 31.1 Å².